The van der Waals surface area contributed by atoms with Gasteiger partial charge in [-0.25, -0.2) is 4.79 Å². The van der Waals surface area contributed by atoms with Gasteiger partial charge in [0.1, 0.15) is 17.1 Å². The zero-order valence-corrected chi connectivity index (χ0v) is 25.7. The number of carboxylic acids is 1. The Morgan fingerprint density at radius 2 is 1.67 bits per heavy atom. The number of aliphatic imine (C=N–C) groups is 1. The van der Waals surface area contributed by atoms with Crippen molar-refractivity contribution in [1.82, 2.24) is 4.90 Å². The molecule has 222 valence electrons. The van der Waals surface area contributed by atoms with Crippen molar-refractivity contribution in [3.8, 4) is 16.9 Å². The summed E-state index contributed by atoms with van der Waals surface area (Å²) in [5.41, 5.74) is 5.95. The lowest BCUT2D eigenvalue weighted by Crippen LogP contribution is -2.42. The Hall–Kier alpha value is -3.93. The van der Waals surface area contributed by atoms with Crippen molar-refractivity contribution in [3.63, 3.8) is 0 Å². The van der Waals surface area contributed by atoms with Gasteiger partial charge < -0.3 is 14.7 Å². The molecule has 1 amide bonds. The number of amidine groups is 1. The van der Waals surface area contributed by atoms with E-state index in [1.165, 1.54) is 23.8 Å². The van der Waals surface area contributed by atoms with Crippen LogP contribution in [0.15, 0.2) is 71.7 Å². The van der Waals surface area contributed by atoms with Crippen LogP contribution in [0, 0.1) is 0 Å². The van der Waals surface area contributed by atoms with Crippen molar-refractivity contribution in [2.75, 3.05) is 13.7 Å². The number of benzene rings is 3. The van der Waals surface area contributed by atoms with Gasteiger partial charge in [0.2, 0.25) is 5.91 Å². The Labute approximate surface area is 250 Å². The monoisotopic (exact) mass is 568 g/mol. The Morgan fingerprint density at radius 1 is 0.952 bits per heavy atom. The van der Waals surface area contributed by atoms with Gasteiger partial charge in [-0.15, -0.1) is 0 Å². The first kappa shape index (κ1) is 31.0. The lowest BCUT2D eigenvalue weighted by Gasteiger charge is -2.30. The van der Waals surface area contributed by atoms with E-state index < -0.39 is 5.97 Å². The predicted molar refractivity (Wildman–Crippen MR) is 170 cm³/mol. The highest BCUT2D eigenvalue weighted by atomic mass is 16.5. The molecule has 1 aliphatic rings. The van der Waals surface area contributed by atoms with E-state index in [-0.39, 0.29) is 22.9 Å². The second kappa shape index (κ2) is 13.8. The van der Waals surface area contributed by atoms with Crippen LogP contribution in [0.3, 0.4) is 0 Å². The molecule has 0 fully saturated rings. The number of carboxylic acid groups (broad SMARTS) is 1. The Balaban J connectivity index is 1.36. The molecule has 1 aliphatic heterocycles. The van der Waals surface area contributed by atoms with Crippen molar-refractivity contribution >= 4 is 17.7 Å². The molecule has 0 radical (unpaired) electrons. The number of carbonyl (C=O) groups excluding carboxylic acids is 1. The number of hydrogen-bond acceptors (Lipinski definition) is 4. The zero-order chi connectivity index (χ0) is 30.3. The molecular formula is C36H44N2O4. The smallest absolute Gasteiger partial charge is 0.339 e. The molecule has 42 heavy (non-hydrogen) atoms. The fourth-order valence-electron chi connectivity index (χ4n) is 5.63. The molecule has 1 atom stereocenters. The van der Waals surface area contributed by atoms with Gasteiger partial charge in [-0.05, 0) is 84.4 Å². The molecule has 0 spiro atoms. The first-order valence-electron chi connectivity index (χ1n) is 15.1. The molecular weight excluding hydrogens is 524 g/mol. The minimum absolute atomic E-state index is 0.0472. The quantitative estimate of drug-likeness (QED) is 0.243. The molecule has 1 heterocycles. The molecule has 1 N–H and O–H groups in total. The summed E-state index contributed by atoms with van der Waals surface area (Å²) in [5.74, 6) is 0.420. The molecule has 0 aromatic heterocycles. The number of methoxy groups -OCH3 is 1. The first-order chi connectivity index (χ1) is 20.1. The molecule has 0 saturated heterocycles. The number of nitrogens with zero attached hydrogens (tertiary/aromatic N) is 2. The molecule has 0 saturated carbocycles. The number of rotatable bonds is 12. The highest BCUT2D eigenvalue weighted by Crippen LogP contribution is 2.28. The average Bonchev–Trinajstić information content (AvgIpc) is 2.96. The third-order valence-electron chi connectivity index (χ3n) is 8.05. The Bertz CT molecular complexity index is 1420. The Morgan fingerprint density at radius 3 is 2.33 bits per heavy atom. The minimum Gasteiger partial charge on any atom is -0.496 e. The lowest BCUT2D eigenvalue weighted by atomic mass is 9.86. The van der Waals surface area contributed by atoms with Crippen LogP contribution < -0.4 is 4.74 Å². The van der Waals surface area contributed by atoms with Crippen LogP contribution in [-0.4, -0.2) is 47.4 Å². The Kier molecular flexibility index (Phi) is 10.2. The summed E-state index contributed by atoms with van der Waals surface area (Å²) in [5, 5.41) is 9.56. The molecule has 3 aromatic rings. The summed E-state index contributed by atoms with van der Waals surface area (Å²) in [6, 6.07) is 22.4. The normalized spacial score (nSPS) is 15.5. The zero-order valence-electron chi connectivity index (χ0n) is 25.7. The largest absolute Gasteiger partial charge is 0.496 e. The average molecular weight is 569 g/mol. The van der Waals surface area contributed by atoms with E-state index in [9.17, 15) is 14.7 Å². The summed E-state index contributed by atoms with van der Waals surface area (Å²) in [6.45, 7) is 9.35. The SMILES string of the molecule is CCN1C(=O)CC(CCCc2ccc(C(C)(C)C)cc2)N=C1CCCc1cccc(-c2ccc(OC)c(C(=O)O)c2)c1. The van der Waals surface area contributed by atoms with Crippen LogP contribution in [0.25, 0.3) is 11.1 Å². The number of ether oxygens (including phenoxy) is 1. The summed E-state index contributed by atoms with van der Waals surface area (Å²) in [7, 11) is 1.47. The van der Waals surface area contributed by atoms with Crippen molar-refractivity contribution < 1.29 is 19.4 Å². The van der Waals surface area contributed by atoms with E-state index in [1.54, 1.807) is 12.1 Å². The van der Waals surface area contributed by atoms with Gasteiger partial charge in [0.25, 0.3) is 0 Å². The second-order valence-electron chi connectivity index (χ2n) is 12.2. The van der Waals surface area contributed by atoms with E-state index >= 15 is 0 Å². The van der Waals surface area contributed by atoms with E-state index in [0.717, 1.165) is 55.5 Å². The van der Waals surface area contributed by atoms with Crippen LogP contribution in [0.1, 0.15) is 86.8 Å². The van der Waals surface area contributed by atoms with Gasteiger partial charge in [0.05, 0.1) is 13.2 Å². The van der Waals surface area contributed by atoms with Gasteiger partial charge >= 0.3 is 5.97 Å². The third kappa shape index (κ3) is 7.87. The van der Waals surface area contributed by atoms with E-state index in [2.05, 4.69) is 57.2 Å². The van der Waals surface area contributed by atoms with E-state index in [0.29, 0.717) is 18.7 Å². The highest BCUT2D eigenvalue weighted by molar-refractivity contribution is 6.00. The number of aromatic carboxylic acids is 1. The molecule has 3 aromatic carbocycles. The van der Waals surface area contributed by atoms with Crippen LogP contribution in [0.4, 0.5) is 0 Å². The molecule has 1 unspecified atom stereocenters. The fourth-order valence-corrected chi connectivity index (χ4v) is 5.63. The summed E-state index contributed by atoms with van der Waals surface area (Å²) in [6.07, 6.45) is 5.88. The van der Waals surface area contributed by atoms with Crippen molar-refractivity contribution in [2.45, 2.75) is 84.1 Å². The summed E-state index contributed by atoms with van der Waals surface area (Å²) >= 11 is 0. The molecule has 6 nitrogen and oxygen atoms in total. The number of aryl methyl sites for hydroxylation is 2. The predicted octanol–water partition coefficient (Wildman–Crippen LogP) is 7.72. The molecule has 0 bridgehead atoms. The van der Waals surface area contributed by atoms with Gasteiger partial charge in [-0.1, -0.05) is 75.4 Å². The number of hydrogen-bond donors (Lipinski definition) is 1. The summed E-state index contributed by atoms with van der Waals surface area (Å²) < 4.78 is 5.20. The van der Waals surface area contributed by atoms with Gasteiger partial charge in [-0.3, -0.25) is 9.79 Å². The van der Waals surface area contributed by atoms with Crippen LogP contribution in [-0.2, 0) is 23.1 Å². The van der Waals surface area contributed by atoms with Gasteiger partial charge in [0.15, 0.2) is 0 Å². The van der Waals surface area contributed by atoms with Gasteiger partial charge in [-0.2, -0.15) is 0 Å². The maximum atomic E-state index is 13.0. The molecule has 0 aliphatic carbocycles. The summed E-state index contributed by atoms with van der Waals surface area (Å²) in [4.78, 5) is 31.5. The van der Waals surface area contributed by atoms with Crippen LogP contribution in [0.2, 0.25) is 0 Å². The lowest BCUT2D eigenvalue weighted by molar-refractivity contribution is -0.128. The standard InChI is InChI=1S/C36H44N2O4/c1-6-38-33(37-30(24-34(38)39)14-8-10-25-16-19-29(20-17-25)36(2,3)4)15-9-12-26-11-7-13-27(22-26)28-18-21-32(42-5)31(23-28)35(40)41/h7,11,13,16-23,30H,6,8-10,12,14-15,24H2,1-5H3,(H,40,41). The first-order valence-corrected chi connectivity index (χ1v) is 15.1. The van der Waals surface area contributed by atoms with Crippen LogP contribution in [0.5, 0.6) is 5.75 Å². The second-order valence-corrected chi connectivity index (χ2v) is 12.2. The van der Waals surface area contributed by atoms with E-state index in [1.807, 2.05) is 30.0 Å². The van der Waals surface area contributed by atoms with Gasteiger partial charge in [0, 0.05) is 19.4 Å². The van der Waals surface area contributed by atoms with E-state index in [4.69, 9.17) is 9.73 Å². The van der Waals surface area contributed by atoms with Crippen molar-refractivity contribution in [1.29, 1.82) is 0 Å². The fraction of sp³-hybridized carbons (Fsp3) is 0.417. The third-order valence-corrected chi connectivity index (χ3v) is 8.05. The van der Waals surface area contributed by atoms with Crippen molar-refractivity contribution in [2.24, 2.45) is 4.99 Å². The van der Waals surface area contributed by atoms with Crippen LogP contribution >= 0.6 is 0 Å². The number of amides is 1. The number of carbonyl (C=O) groups is 2. The highest BCUT2D eigenvalue weighted by Gasteiger charge is 2.27. The topological polar surface area (TPSA) is 79.2 Å². The van der Waals surface area contributed by atoms with Crippen molar-refractivity contribution in [3.05, 3.63) is 89.0 Å². The maximum absolute atomic E-state index is 13.0. The minimum atomic E-state index is -1.01. The molecule has 6 heteroatoms. The maximum Gasteiger partial charge on any atom is 0.339 e. The molecule has 4 rings (SSSR count).